The van der Waals surface area contributed by atoms with Gasteiger partial charge in [0.15, 0.2) is 0 Å². The number of amides is 1. The molecule has 1 heterocycles. The lowest BCUT2D eigenvalue weighted by molar-refractivity contribution is 0.0472. The highest BCUT2D eigenvalue weighted by atomic mass is 16.5. The quantitative estimate of drug-likeness (QED) is 0.724. The maximum absolute atomic E-state index is 12.2. The zero-order valence-electron chi connectivity index (χ0n) is 13.4. The van der Waals surface area contributed by atoms with E-state index < -0.39 is 5.97 Å². The Balaban J connectivity index is 1.57. The summed E-state index contributed by atoms with van der Waals surface area (Å²) in [6, 6.07) is 19.4. The second-order valence-electron chi connectivity index (χ2n) is 5.33. The number of hydrogen-bond donors (Lipinski definition) is 1. The molecule has 0 bridgehead atoms. The Bertz CT molecular complexity index is 847. The number of esters is 1. The van der Waals surface area contributed by atoms with Crippen molar-refractivity contribution in [2.75, 3.05) is 5.32 Å². The van der Waals surface area contributed by atoms with E-state index in [2.05, 4.69) is 10.3 Å². The van der Waals surface area contributed by atoms with Crippen LogP contribution in [0.1, 0.15) is 26.3 Å². The lowest BCUT2D eigenvalue weighted by atomic mass is 10.1. The zero-order chi connectivity index (χ0) is 17.5. The number of nitrogens with one attached hydrogen (secondary N) is 1. The van der Waals surface area contributed by atoms with Gasteiger partial charge in [-0.25, -0.2) is 4.79 Å². The predicted octanol–water partition coefficient (Wildman–Crippen LogP) is 3.69. The minimum Gasteiger partial charge on any atom is -0.457 e. The van der Waals surface area contributed by atoms with Gasteiger partial charge in [0, 0.05) is 23.6 Å². The number of carbonyl (C=O) groups is 2. The number of benzene rings is 2. The van der Waals surface area contributed by atoms with Crippen LogP contribution in [0.25, 0.3) is 0 Å². The van der Waals surface area contributed by atoms with Crippen molar-refractivity contribution in [3.05, 3.63) is 95.8 Å². The fourth-order valence-corrected chi connectivity index (χ4v) is 2.20. The van der Waals surface area contributed by atoms with Crippen LogP contribution in [0.5, 0.6) is 0 Å². The van der Waals surface area contributed by atoms with Crippen molar-refractivity contribution >= 4 is 17.6 Å². The van der Waals surface area contributed by atoms with Gasteiger partial charge in [-0.1, -0.05) is 30.3 Å². The summed E-state index contributed by atoms with van der Waals surface area (Å²) in [4.78, 5) is 27.9. The smallest absolute Gasteiger partial charge is 0.338 e. The van der Waals surface area contributed by atoms with E-state index in [1.807, 2.05) is 30.3 Å². The Morgan fingerprint density at radius 3 is 2.20 bits per heavy atom. The Hall–Kier alpha value is -3.47. The average molecular weight is 332 g/mol. The molecule has 0 saturated heterocycles. The first-order valence-corrected chi connectivity index (χ1v) is 7.75. The highest BCUT2D eigenvalue weighted by Crippen LogP contribution is 2.11. The Labute approximate surface area is 145 Å². The second-order valence-corrected chi connectivity index (χ2v) is 5.33. The summed E-state index contributed by atoms with van der Waals surface area (Å²) >= 11 is 0. The maximum Gasteiger partial charge on any atom is 0.338 e. The molecule has 1 N–H and O–H groups in total. The summed E-state index contributed by atoms with van der Waals surface area (Å²) in [5, 5.41) is 2.82. The molecule has 5 heteroatoms. The highest BCUT2D eigenvalue weighted by molar-refractivity contribution is 6.04. The van der Waals surface area contributed by atoms with Crippen molar-refractivity contribution in [3.63, 3.8) is 0 Å². The molecule has 3 rings (SSSR count). The average Bonchev–Trinajstić information content (AvgIpc) is 2.68. The van der Waals surface area contributed by atoms with E-state index >= 15 is 0 Å². The van der Waals surface area contributed by atoms with Gasteiger partial charge in [-0.05, 0) is 42.0 Å². The lowest BCUT2D eigenvalue weighted by Gasteiger charge is -2.07. The number of hydrogen-bond acceptors (Lipinski definition) is 4. The fourth-order valence-electron chi connectivity index (χ4n) is 2.20. The summed E-state index contributed by atoms with van der Waals surface area (Å²) in [6.45, 7) is 0.141. The van der Waals surface area contributed by atoms with Crippen molar-refractivity contribution in [1.82, 2.24) is 4.98 Å². The van der Waals surface area contributed by atoms with Crippen LogP contribution in [0, 0.1) is 0 Å². The normalized spacial score (nSPS) is 10.1. The molecule has 5 nitrogen and oxygen atoms in total. The van der Waals surface area contributed by atoms with Gasteiger partial charge < -0.3 is 10.1 Å². The highest BCUT2D eigenvalue weighted by Gasteiger charge is 2.08. The van der Waals surface area contributed by atoms with Crippen LogP contribution in [-0.2, 0) is 11.3 Å². The Morgan fingerprint density at radius 2 is 1.52 bits per heavy atom. The van der Waals surface area contributed by atoms with Crippen molar-refractivity contribution in [2.45, 2.75) is 6.61 Å². The molecule has 0 atom stereocenters. The molecule has 0 spiro atoms. The molecule has 3 aromatic rings. The predicted molar refractivity (Wildman–Crippen MR) is 94.2 cm³/mol. The summed E-state index contributed by atoms with van der Waals surface area (Å²) in [5.74, 6) is -0.597. The van der Waals surface area contributed by atoms with E-state index in [0.29, 0.717) is 11.1 Å². The second kappa shape index (κ2) is 7.88. The Morgan fingerprint density at radius 1 is 0.840 bits per heavy atom. The van der Waals surface area contributed by atoms with Crippen molar-refractivity contribution in [1.29, 1.82) is 0 Å². The van der Waals surface area contributed by atoms with Crippen LogP contribution in [0.4, 0.5) is 5.69 Å². The molecule has 1 amide bonds. The van der Waals surface area contributed by atoms with Gasteiger partial charge in [0.05, 0.1) is 5.56 Å². The van der Waals surface area contributed by atoms with E-state index in [1.54, 1.807) is 36.4 Å². The molecular weight excluding hydrogens is 316 g/mol. The molecule has 0 aliphatic carbocycles. The van der Waals surface area contributed by atoms with Gasteiger partial charge in [-0.2, -0.15) is 0 Å². The van der Waals surface area contributed by atoms with Gasteiger partial charge in [0.25, 0.3) is 5.91 Å². The van der Waals surface area contributed by atoms with Crippen molar-refractivity contribution < 1.29 is 14.3 Å². The molecule has 0 saturated carbocycles. The van der Waals surface area contributed by atoms with E-state index in [-0.39, 0.29) is 12.5 Å². The standard InChI is InChI=1S/C20H16N2O3/c23-19(22-18-4-2-1-3-5-18)16-8-6-15(7-9-16)14-25-20(24)17-10-12-21-13-11-17/h1-13H,14H2,(H,22,23). The number of ether oxygens (including phenoxy) is 1. The van der Waals surface area contributed by atoms with Gasteiger partial charge in [-0.3, -0.25) is 9.78 Å². The number of rotatable bonds is 5. The molecule has 0 aliphatic rings. The van der Waals surface area contributed by atoms with E-state index in [4.69, 9.17) is 4.74 Å². The lowest BCUT2D eigenvalue weighted by Crippen LogP contribution is -2.11. The van der Waals surface area contributed by atoms with Gasteiger partial charge in [0.2, 0.25) is 0 Å². The van der Waals surface area contributed by atoms with Gasteiger partial charge in [0.1, 0.15) is 6.61 Å². The molecular formula is C20H16N2O3. The summed E-state index contributed by atoms with van der Waals surface area (Å²) in [7, 11) is 0. The number of para-hydroxylation sites is 1. The van der Waals surface area contributed by atoms with Crippen LogP contribution in [0.3, 0.4) is 0 Å². The van der Waals surface area contributed by atoms with Crippen LogP contribution in [0.2, 0.25) is 0 Å². The molecule has 0 radical (unpaired) electrons. The van der Waals surface area contributed by atoms with E-state index in [0.717, 1.165) is 11.3 Å². The van der Waals surface area contributed by atoms with E-state index in [9.17, 15) is 9.59 Å². The molecule has 0 fully saturated rings. The molecule has 0 unspecified atom stereocenters. The first-order valence-electron chi connectivity index (χ1n) is 7.75. The largest absolute Gasteiger partial charge is 0.457 e. The molecule has 25 heavy (non-hydrogen) atoms. The first-order chi connectivity index (χ1) is 12.2. The van der Waals surface area contributed by atoms with Crippen LogP contribution < -0.4 is 5.32 Å². The molecule has 0 aliphatic heterocycles. The number of pyridine rings is 1. The molecule has 2 aromatic carbocycles. The number of carbonyl (C=O) groups excluding carboxylic acids is 2. The third-order valence-corrected chi connectivity index (χ3v) is 3.53. The molecule has 124 valence electrons. The van der Waals surface area contributed by atoms with Crippen molar-refractivity contribution in [2.24, 2.45) is 0 Å². The number of aromatic nitrogens is 1. The SMILES string of the molecule is O=C(Nc1ccccc1)c1ccc(COC(=O)c2ccncc2)cc1. The maximum atomic E-state index is 12.2. The summed E-state index contributed by atoms with van der Waals surface area (Å²) < 4.78 is 5.24. The minimum atomic E-state index is -0.409. The van der Waals surface area contributed by atoms with Crippen LogP contribution in [-0.4, -0.2) is 16.9 Å². The number of anilines is 1. The number of nitrogens with zero attached hydrogens (tertiary/aromatic N) is 1. The monoisotopic (exact) mass is 332 g/mol. The third-order valence-electron chi connectivity index (χ3n) is 3.53. The summed E-state index contributed by atoms with van der Waals surface area (Å²) in [6.07, 6.45) is 3.08. The van der Waals surface area contributed by atoms with E-state index in [1.165, 1.54) is 12.4 Å². The van der Waals surface area contributed by atoms with Gasteiger partial charge in [-0.15, -0.1) is 0 Å². The molecule has 1 aromatic heterocycles. The topological polar surface area (TPSA) is 68.3 Å². The first kappa shape index (κ1) is 16.4. The van der Waals surface area contributed by atoms with Gasteiger partial charge >= 0.3 is 5.97 Å². The van der Waals surface area contributed by atoms with Crippen LogP contribution in [0.15, 0.2) is 79.1 Å². The summed E-state index contributed by atoms with van der Waals surface area (Å²) in [5.41, 5.74) is 2.53. The van der Waals surface area contributed by atoms with Crippen molar-refractivity contribution in [3.8, 4) is 0 Å². The fraction of sp³-hybridized carbons (Fsp3) is 0.0500. The minimum absolute atomic E-state index is 0.141. The Kier molecular flexibility index (Phi) is 5.16. The van der Waals surface area contributed by atoms with Crippen LogP contribution >= 0.6 is 0 Å². The third kappa shape index (κ3) is 4.51. The zero-order valence-corrected chi connectivity index (χ0v) is 13.4.